The Hall–Kier alpha value is -2.37. The first-order valence-corrected chi connectivity index (χ1v) is 7.86. The van der Waals surface area contributed by atoms with Gasteiger partial charge < -0.3 is 15.5 Å². The molecule has 0 aliphatic heterocycles. The molecule has 1 aromatic heterocycles. The maximum absolute atomic E-state index is 13.6. The number of thiophene rings is 1. The first-order valence-electron chi connectivity index (χ1n) is 6.98. The van der Waals surface area contributed by atoms with Crippen molar-refractivity contribution in [3.05, 3.63) is 83.2 Å². The second kappa shape index (κ2) is 7.76. The quantitative estimate of drug-likeness (QED) is 0.388. The molecule has 0 amide bonds. The van der Waals surface area contributed by atoms with Crippen LogP contribution in [0.25, 0.3) is 5.57 Å². The molecule has 0 aliphatic rings. The van der Waals surface area contributed by atoms with E-state index in [4.69, 9.17) is 0 Å². The van der Waals surface area contributed by atoms with Crippen molar-refractivity contribution in [1.29, 1.82) is 0 Å². The van der Waals surface area contributed by atoms with E-state index >= 15 is 0 Å². The van der Waals surface area contributed by atoms with Gasteiger partial charge in [-0.3, -0.25) is 0 Å². The van der Waals surface area contributed by atoms with Gasteiger partial charge in [-0.1, -0.05) is 36.9 Å². The van der Waals surface area contributed by atoms with Gasteiger partial charge >= 0.3 is 0 Å². The number of aliphatic hydroxyl groups excluding tert-OH is 2. The van der Waals surface area contributed by atoms with Crippen molar-refractivity contribution in [3.8, 4) is 0 Å². The zero-order valence-electron chi connectivity index (χ0n) is 12.7. The highest BCUT2D eigenvalue weighted by Crippen LogP contribution is 2.31. The van der Waals surface area contributed by atoms with E-state index < -0.39 is 12.1 Å². The van der Waals surface area contributed by atoms with E-state index in [9.17, 15) is 14.6 Å². The molecule has 5 heteroatoms. The predicted molar refractivity (Wildman–Crippen MR) is 94.0 cm³/mol. The standard InChI is InChI=1S/C18H18FNO2S/c1-12(21)8-9-16(13(2)19)15-10-17(23-11-15)20-18(22)14-6-4-3-5-7-14/h3-11,18,20-22H,2H2,1H3/b12-8+,16-9+. The minimum atomic E-state index is -0.844. The van der Waals surface area contributed by atoms with E-state index in [1.165, 1.54) is 30.4 Å². The van der Waals surface area contributed by atoms with Crippen molar-refractivity contribution < 1.29 is 14.6 Å². The van der Waals surface area contributed by atoms with E-state index in [0.717, 1.165) is 5.56 Å². The molecular weight excluding hydrogens is 313 g/mol. The number of hydrogen-bond donors (Lipinski definition) is 3. The van der Waals surface area contributed by atoms with Gasteiger partial charge in [0.1, 0.15) is 5.83 Å². The molecule has 23 heavy (non-hydrogen) atoms. The average molecular weight is 331 g/mol. The van der Waals surface area contributed by atoms with Gasteiger partial charge in [0.05, 0.1) is 10.8 Å². The minimum absolute atomic E-state index is 0.0804. The molecule has 0 saturated carbocycles. The lowest BCUT2D eigenvalue weighted by atomic mass is 10.1. The largest absolute Gasteiger partial charge is 0.513 e. The van der Waals surface area contributed by atoms with Gasteiger partial charge in [0.2, 0.25) is 0 Å². The highest BCUT2D eigenvalue weighted by atomic mass is 32.1. The SMILES string of the molecule is C=C(F)/C(=C\C=C(/C)O)c1csc(NC(O)c2ccccc2)c1. The van der Waals surface area contributed by atoms with Crippen LogP contribution in [0.15, 0.2) is 72.1 Å². The summed E-state index contributed by atoms with van der Waals surface area (Å²) in [4.78, 5) is 0. The number of rotatable bonds is 6. The topological polar surface area (TPSA) is 52.5 Å². The smallest absolute Gasteiger partial charge is 0.151 e. The molecule has 0 saturated heterocycles. The Labute approximate surface area is 138 Å². The van der Waals surface area contributed by atoms with Gasteiger partial charge in [-0.05, 0) is 30.7 Å². The van der Waals surface area contributed by atoms with Gasteiger partial charge in [-0.25, -0.2) is 4.39 Å². The van der Waals surface area contributed by atoms with Crippen LogP contribution < -0.4 is 5.32 Å². The fourth-order valence-corrected chi connectivity index (χ4v) is 2.78. The van der Waals surface area contributed by atoms with Crippen LogP contribution in [0.3, 0.4) is 0 Å². The van der Waals surface area contributed by atoms with Gasteiger partial charge in [0.25, 0.3) is 0 Å². The van der Waals surface area contributed by atoms with Gasteiger partial charge in [0, 0.05) is 16.5 Å². The molecule has 1 aromatic carbocycles. The molecule has 2 rings (SSSR count). The first kappa shape index (κ1) is 17.0. The third-order valence-corrected chi connectivity index (χ3v) is 3.95. The highest BCUT2D eigenvalue weighted by molar-refractivity contribution is 7.14. The number of hydrogen-bond acceptors (Lipinski definition) is 4. The molecule has 1 heterocycles. The van der Waals surface area contributed by atoms with E-state index in [0.29, 0.717) is 10.6 Å². The van der Waals surface area contributed by atoms with E-state index in [-0.39, 0.29) is 11.3 Å². The second-order valence-electron chi connectivity index (χ2n) is 4.95. The molecule has 0 aliphatic carbocycles. The molecule has 1 atom stereocenters. The number of allylic oxidation sites excluding steroid dienone is 5. The summed E-state index contributed by atoms with van der Waals surface area (Å²) in [6.07, 6.45) is 2.03. The maximum atomic E-state index is 13.6. The molecule has 0 radical (unpaired) electrons. The summed E-state index contributed by atoms with van der Waals surface area (Å²) in [5.41, 5.74) is 1.66. The maximum Gasteiger partial charge on any atom is 0.151 e. The van der Waals surface area contributed by atoms with E-state index in [1.807, 2.05) is 30.3 Å². The Morgan fingerprint density at radius 2 is 2.00 bits per heavy atom. The minimum Gasteiger partial charge on any atom is -0.513 e. The molecule has 3 nitrogen and oxygen atoms in total. The molecular formula is C18H18FNO2S. The molecule has 0 spiro atoms. The zero-order valence-corrected chi connectivity index (χ0v) is 13.5. The Balaban J connectivity index is 2.18. The molecule has 120 valence electrons. The Morgan fingerprint density at radius 3 is 2.61 bits per heavy atom. The molecule has 2 aromatic rings. The van der Waals surface area contributed by atoms with Gasteiger partial charge in [-0.15, -0.1) is 11.3 Å². The van der Waals surface area contributed by atoms with Crippen molar-refractivity contribution in [2.24, 2.45) is 0 Å². The zero-order chi connectivity index (χ0) is 16.8. The van der Waals surface area contributed by atoms with Crippen LogP contribution in [-0.4, -0.2) is 10.2 Å². The van der Waals surface area contributed by atoms with Crippen molar-refractivity contribution >= 4 is 21.9 Å². The normalized spacial score (nSPS) is 13.7. The lowest BCUT2D eigenvalue weighted by Gasteiger charge is -2.12. The second-order valence-corrected chi connectivity index (χ2v) is 5.86. The number of anilines is 1. The molecule has 3 N–H and O–H groups in total. The number of halogens is 1. The van der Waals surface area contributed by atoms with Crippen molar-refractivity contribution in [3.63, 3.8) is 0 Å². The third kappa shape index (κ3) is 4.81. The van der Waals surface area contributed by atoms with Crippen molar-refractivity contribution in [1.82, 2.24) is 0 Å². The summed E-state index contributed by atoms with van der Waals surface area (Å²) in [6, 6.07) is 10.9. The van der Waals surface area contributed by atoms with Gasteiger partial charge in [0.15, 0.2) is 6.23 Å². The number of nitrogens with one attached hydrogen (secondary N) is 1. The molecule has 0 fully saturated rings. The fourth-order valence-electron chi connectivity index (χ4n) is 1.95. The molecule has 1 unspecified atom stereocenters. The third-order valence-electron chi connectivity index (χ3n) is 3.09. The van der Waals surface area contributed by atoms with Crippen LogP contribution in [-0.2, 0) is 0 Å². The Morgan fingerprint density at radius 1 is 1.30 bits per heavy atom. The summed E-state index contributed by atoms with van der Waals surface area (Å²) >= 11 is 1.35. The fraction of sp³-hybridized carbons (Fsp3) is 0.111. The number of aliphatic hydroxyl groups is 2. The lowest BCUT2D eigenvalue weighted by Crippen LogP contribution is -2.08. The van der Waals surface area contributed by atoms with Crippen molar-refractivity contribution in [2.75, 3.05) is 5.32 Å². The summed E-state index contributed by atoms with van der Waals surface area (Å²) in [5.74, 6) is -0.507. The van der Waals surface area contributed by atoms with Gasteiger partial charge in [-0.2, -0.15) is 0 Å². The van der Waals surface area contributed by atoms with Crippen LogP contribution in [0, 0.1) is 0 Å². The Kier molecular flexibility index (Phi) is 5.73. The summed E-state index contributed by atoms with van der Waals surface area (Å²) in [6.45, 7) is 4.82. The van der Waals surface area contributed by atoms with Crippen LogP contribution in [0.1, 0.15) is 24.3 Å². The summed E-state index contributed by atoms with van der Waals surface area (Å²) in [7, 11) is 0. The van der Waals surface area contributed by atoms with Crippen LogP contribution in [0.5, 0.6) is 0 Å². The predicted octanol–water partition coefficient (Wildman–Crippen LogP) is 5.18. The van der Waals surface area contributed by atoms with Crippen LogP contribution >= 0.6 is 11.3 Å². The van der Waals surface area contributed by atoms with Crippen LogP contribution in [0.4, 0.5) is 9.39 Å². The van der Waals surface area contributed by atoms with E-state index in [1.54, 1.807) is 11.4 Å². The summed E-state index contributed by atoms with van der Waals surface area (Å²) < 4.78 is 13.6. The van der Waals surface area contributed by atoms with Crippen LogP contribution in [0.2, 0.25) is 0 Å². The summed E-state index contributed by atoms with van der Waals surface area (Å²) in [5, 5.41) is 24.8. The Bertz CT molecular complexity index is 730. The monoisotopic (exact) mass is 331 g/mol. The lowest BCUT2D eigenvalue weighted by molar-refractivity contribution is 0.208. The highest BCUT2D eigenvalue weighted by Gasteiger charge is 2.11. The number of benzene rings is 1. The van der Waals surface area contributed by atoms with Crippen molar-refractivity contribution in [2.45, 2.75) is 13.2 Å². The average Bonchev–Trinajstić information content (AvgIpc) is 2.96. The first-order chi connectivity index (χ1) is 11.0. The molecule has 0 bridgehead atoms. The van der Waals surface area contributed by atoms with E-state index in [2.05, 4.69) is 11.9 Å².